The quantitative estimate of drug-likeness (QED) is 0.277. The molecule has 3 aliphatic heterocycles. The van der Waals surface area contributed by atoms with Gasteiger partial charge in [0, 0.05) is 58.8 Å². The molecule has 0 spiro atoms. The molecule has 0 atom stereocenters. The van der Waals surface area contributed by atoms with Crippen LogP contribution in [0.15, 0.2) is 30.3 Å². The van der Waals surface area contributed by atoms with Crippen LogP contribution in [0.5, 0.6) is 5.75 Å². The van der Waals surface area contributed by atoms with E-state index in [0.717, 1.165) is 128 Å². The number of benzene rings is 1. The molecule has 3 fully saturated rings. The van der Waals surface area contributed by atoms with Gasteiger partial charge in [-0.2, -0.15) is 9.97 Å². The Hall–Kier alpha value is -3.40. The van der Waals surface area contributed by atoms with Crippen molar-refractivity contribution >= 4 is 29.5 Å². The van der Waals surface area contributed by atoms with Crippen molar-refractivity contribution in [1.29, 1.82) is 0 Å². The zero-order valence-corrected chi connectivity index (χ0v) is 24.4. The molecule has 0 amide bonds. The molecule has 222 valence electrons. The van der Waals surface area contributed by atoms with Crippen molar-refractivity contribution in [3.8, 4) is 5.75 Å². The predicted molar refractivity (Wildman–Crippen MR) is 160 cm³/mol. The van der Waals surface area contributed by atoms with Crippen molar-refractivity contribution < 1.29 is 19.1 Å². The van der Waals surface area contributed by atoms with Gasteiger partial charge in [-0.3, -0.25) is 9.69 Å². The highest BCUT2D eigenvalue weighted by Crippen LogP contribution is 2.40. The number of methoxy groups -OCH3 is 1. The lowest BCUT2D eigenvalue weighted by Crippen LogP contribution is -2.47. The minimum absolute atomic E-state index is 0.125. The minimum atomic E-state index is -0.379. The summed E-state index contributed by atoms with van der Waals surface area (Å²) in [6, 6.07) is 9.17. The zero-order chi connectivity index (χ0) is 28.4. The summed E-state index contributed by atoms with van der Waals surface area (Å²) in [5.41, 5.74) is 0.519. The van der Waals surface area contributed by atoms with Gasteiger partial charge < -0.3 is 24.2 Å². The summed E-state index contributed by atoms with van der Waals surface area (Å²) in [6.45, 7) is 8.24. The van der Waals surface area contributed by atoms with Crippen LogP contribution in [0.25, 0.3) is 0 Å². The molecule has 0 aliphatic carbocycles. The van der Waals surface area contributed by atoms with Crippen LogP contribution in [0.3, 0.4) is 0 Å². The Morgan fingerprint density at radius 1 is 0.732 bits per heavy atom. The van der Waals surface area contributed by atoms with E-state index < -0.39 is 0 Å². The fourth-order valence-corrected chi connectivity index (χ4v) is 5.89. The number of ether oxygens (including phenoxy) is 2. The molecule has 5 rings (SSSR count). The largest absolute Gasteiger partial charge is 0.469 e. The number of hydrogen-bond acceptors (Lipinski definition) is 10. The Bertz CT molecular complexity index is 1140. The maximum Gasteiger partial charge on any atom is 0.343 e. The molecule has 1 aromatic heterocycles. The summed E-state index contributed by atoms with van der Waals surface area (Å²) < 4.78 is 10.9. The van der Waals surface area contributed by atoms with Gasteiger partial charge >= 0.3 is 11.9 Å². The summed E-state index contributed by atoms with van der Waals surface area (Å²) in [6.07, 6.45) is 9.16. The van der Waals surface area contributed by atoms with Gasteiger partial charge in [0.05, 0.1) is 12.7 Å². The minimum Gasteiger partial charge on any atom is -0.469 e. The first kappa shape index (κ1) is 29.1. The standard InChI is InChI=1S/C31H44N6O4/c1-40-26(38)15-7-2-3-8-16-34-21-23-36(24-22-34)29-27(41-30(39)25-13-5-4-6-14-25)28(35-17-9-10-18-35)32-31(33-29)37-19-11-12-20-37/h4-6,13-14H,2-3,7-12,15-24H2,1H3. The first-order chi connectivity index (χ1) is 20.1. The molecular formula is C31H44N6O4. The summed E-state index contributed by atoms with van der Waals surface area (Å²) >= 11 is 0. The average Bonchev–Trinajstić information content (AvgIpc) is 3.75. The third-order valence-corrected chi connectivity index (χ3v) is 8.32. The number of rotatable bonds is 12. The molecule has 1 aromatic carbocycles. The lowest BCUT2D eigenvalue weighted by Gasteiger charge is -2.37. The number of nitrogens with zero attached hydrogens (tertiary/aromatic N) is 6. The van der Waals surface area contributed by atoms with Crippen LogP contribution in [0.2, 0.25) is 0 Å². The Kier molecular flexibility index (Phi) is 10.3. The summed E-state index contributed by atoms with van der Waals surface area (Å²) in [5, 5.41) is 0. The molecule has 3 aliphatic rings. The van der Waals surface area contributed by atoms with E-state index in [0.29, 0.717) is 17.7 Å². The van der Waals surface area contributed by atoms with E-state index in [-0.39, 0.29) is 11.9 Å². The Labute approximate surface area is 243 Å². The number of unbranched alkanes of at least 4 members (excludes halogenated alkanes) is 3. The fraction of sp³-hybridized carbons (Fsp3) is 0.613. The first-order valence-corrected chi connectivity index (χ1v) is 15.4. The number of esters is 2. The number of anilines is 3. The van der Waals surface area contributed by atoms with Gasteiger partial charge in [0.25, 0.3) is 0 Å². The van der Waals surface area contributed by atoms with Gasteiger partial charge in [-0.25, -0.2) is 4.79 Å². The van der Waals surface area contributed by atoms with Crippen molar-refractivity contribution in [3.63, 3.8) is 0 Å². The SMILES string of the molecule is COC(=O)CCCCCCN1CCN(c2nc(N3CCCC3)nc(N3CCCC3)c2OC(=O)c2ccccc2)CC1. The second-order valence-corrected chi connectivity index (χ2v) is 11.2. The van der Waals surface area contributed by atoms with Gasteiger partial charge in [-0.1, -0.05) is 31.0 Å². The molecule has 10 nitrogen and oxygen atoms in total. The van der Waals surface area contributed by atoms with E-state index in [1.807, 2.05) is 18.2 Å². The van der Waals surface area contributed by atoms with Crippen LogP contribution >= 0.6 is 0 Å². The van der Waals surface area contributed by atoms with Crippen LogP contribution in [0, 0.1) is 0 Å². The van der Waals surface area contributed by atoms with Gasteiger partial charge in [0.2, 0.25) is 11.7 Å². The number of aromatic nitrogens is 2. The molecule has 3 saturated heterocycles. The highest BCUT2D eigenvalue weighted by Gasteiger charge is 2.31. The molecule has 41 heavy (non-hydrogen) atoms. The van der Waals surface area contributed by atoms with Crippen LogP contribution in [-0.2, 0) is 9.53 Å². The van der Waals surface area contributed by atoms with E-state index in [2.05, 4.69) is 19.6 Å². The molecule has 0 N–H and O–H groups in total. The third kappa shape index (κ3) is 7.67. The predicted octanol–water partition coefficient (Wildman–Crippen LogP) is 4.14. The third-order valence-electron chi connectivity index (χ3n) is 8.32. The number of hydrogen-bond donors (Lipinski definition) is 0. The number of piperazine rings is 1. The second-order valence-electron chi connectivity index (χ2n) is 11.2. The molecule has 0 radical (unpaired) electrons. The monoisotopic (exact) mass is 564 g/mol. The summed E-state index contributed by atoms with van der Waals surface area (Å²) in [4.78, 5) is 44.0. The topological polar surface area (TPSA) is 91.3 Å². The fourth-order valence-electron chi connectivity index (χ4n) is 5.89. The Morgan fingerprint density at radius 2 is 1.32 bits per heavy atom. The highest BCUT2D eigenvalue weighted by molar-refractivity contribution is 5.92. The van der Waals surface area contributed by atoms with Crippen molar-refractivity contribution in [3.05, 3.63) is 35.9 Å². The smallest absolute Gasteiger partial charge is 0.343 e. The van der Waals surface area contributed by atoms with Crippen LogP contribution < -0.4 is 19.4 Å². The highest BCUT2D eigenvalue weighted by atomic mass is 16.5. The maximum atomic E-state index is 13.3. The number of carbonyl (C=O) groups excluding carboxylic acids is 2. The van der Waals surface area contributed by atoms with Crippen LogP contribution in [0.4, 0.5) is 17.6 Å². The molecule has 2 aromatic rings. The molecule has 0 unspecified atom stereocenters. The summed E-state index contributed by atoms with van der Waals surface area (Å²) in [5.74, 6) is 2.20. The first-order valence-electron chi connectivity index (χ1n) is 15.4. The lowest BCUT2D eigenvalue weighted by atomic mass is 10.1. The van der Waals surface area contributed by atoms with Gasteiger partial charge in [0.1, 0.15) is 0 Å². The Morgan fingerprint density at radius 3 is 1.95 bits per heavy atom. The molecule has 10 heteroatoms. The van der Waals surface area contributed by atoms with Crippen molar-refractivity contribution in [1.82, 2.24) is 14.9 Å². The molecule has 4 heterocycles. The van der Waals surface area contributed by atoms with Crippen LogP contribution in [0.1, 0.15) is 68.1 Å². The van der Waals surface area contributed by atoms with Crippen molar-refractivity contribution in [2.75, 3.05) is 80.7 Å². The van der Waals surface area contributed by atoms with E-state index in [1.54, 1.807) is 12.1 Å². The summed E-state index contributed by atoms with van der Waals surface area (Å²) in [7, 11) is 1.44. The zero-order valence-electron chi connectivity index (χ0n) is 24.4. The molecule has 0 saturated carbocycles. The van der Waals surface area contributed by atoms with Gasteiger partial charge in [-0.05, 0) is 57.2 Å². The van der Waals surface area contributed by atoms with E-state index in [1.165, 1.54) is 7.11 Å². The number of carbonyl (C=O) groups is 2. The lowest BCUT2D eigenvalue weighted by molar-refractivity contribution is -0.140. The van der Waals surface area contributed by atoms with Gasteiger partial charge in [-0.15, -0.1) is 0 Å². The molecule has 0 bridgehead atoms. The van der Waals surface area contributed by atoms with Crippen molar-refractivity contribution in [2.24, 2.45) is 0 Å². The maximum absolute atomic E-state index is 13.3. The van der Waals surface area contributed by atoms with Crippen molar-refractivity contribution in [2.45, 2.75) is 57.8 Å². The van der Waals surface area contributed by atoms with Crippen LogP contribution in [-0.4, -0.2) is 92.8 Å². The Balaban J connectivity index is 1.31. The normalized spacial score (nSPS) is 17.7. The van der Waals surface area contributed by atoms with E-state index in [9.17, 15) is 9.59 Å². The average molecular weight is 565 g/mol. The second kappa shape index (κ2) is 14.5. The molecular weight excluding hydrogens is 520 g/mol. The van der Waals surface area contributed by atoms with E-state index >= 15 is 0 Å². The van der Waals surface area contributed by atoms with Gasteiger partial charge in [0.15, 0.2) is 11.6 Å². The van der Waals surface area contributed by atoms with E-state index in [4.69, 9.17) is 19.4 Å².